The number of carbonyl (C=O) groups is 1. The summed E-state index contributed by atoms with van der Waals surface area (Å²) in [7, 11) is 0. The van der Waals surface area contributed by atoms with Crippen molar-refractivity contribution < 1.29 is 4.79 Å². The van der Waals surface area contributed by atoms with Gasteiger partial charge in [-0.3, -0.25) is 4.79 Å². The fraction of sp³-hybridized carbons (Fsp3) is 0.381. The Morgan fingerprint density at radius 2 is 1.67 bits per heavy atom. The quantitative estimate of drug-likeness (QED) is 0.924. The Labute approximate surface area is 144 Å². The summed E-state index contributed by atoms with van der Waals surface area (Å²) in [4.78, 5) is 15.1. The first-order valence-electron chi connectivity index (χ1n) is 8.74. The van der Waals surface area contributed by atoms with Gasteiger partial charge in [-0.25, -0.2) is 0 Å². The predicted molar refractivity (Wildman–Crippen MR) is 99.0 cm³/mol. The van der Waals surface area contributed by atoms with Crippen molar-refractivity contribution in [1.29, 1.82) is 0 Å². The Kier molecular flexibility index (Phi) is 4.89. The van der Waals surface area contributed by atoms with Crippen molar-refractivity contribution in [2.75, 3.05) is 18.0 Å². The third-order valence-electron chi connectivity index (χ3n) is 4.84. The lowest BCUT2D eigenvalue weighted by Gasteiger charge is -2.36. The van der Waals surface area contributed by atoms with E-state index < -0.39 is 0 Å². The highest BCUT2D eigenvalue weighted by Gasteiger charge is 2.30. The van der Waals surface area contributed by atoms with Gasteiger partial charge >= 0.3 is 0 Å². The van der Waals surface area contributed by atoms with Gasteiger partial charge in [-0.05, 0) is 44.4 Å². The van der Waals surface area contributed by atoms with Crippen LogP contribution >= 0.6 is 0 Å². The minimum Gasteiger partial charge on any atom is -0.371 e. The number of nitrogens with one attached hydrogen (secondary N) is 1. The van der Waals surface area contributed by atoms with E-state index in [0.717, 1.165) is 31.5 Å². The van der Waals surface area contributed by atoms with Crippen LogP contribution < -0.4 is 10.2 Å². The standard InChI is InChI=1S/C21H26N2O/c1-21(2,18-11-5-3-6-12-18)22-20(24)17-10-9-15-23(16-17)19-13-7-4-8-14-19/h3-8,11-14,17H,9-10,15-16H2,1-2H3,(H,22,24). The van der Waals surface area contributed by atoms with Crippen molar-refractivity contribution in [1.82, 2.24) is 5.32 Å². The number of piperidine rings is 1. The summed E-state index contributed by atoms with van der Waals surface area (Å²) in [6.07, 6.45) is 2.01. The molecule has 0 radical (unpaired) electrons. The van der Waals surface area contributed by atoms with E-state index in [2.05, 4.69) is 60.5 Å². The minimum absolute atomic E-state index is 0.0435. The topological polar surface area (TPSA) is 32.3 Å². The zero-order chi connectivity index (χ0) is 17.0. The summed E-state index contributed by atoms with van der Waals surface area (Å²) in [5, 5.41) is 3.25. The van der Waals surface area contributed by atoms with E-state index in [-0.39, 0.29) is 17.4 Å². The fourth-order valence-corrected chi connectivity index (χ4v) is 3.40. The van der Waals surface area contributed by atoms with E-state index in [1.165, 1.54) is 5.69 Å². The normalized spacial score (nSPS) is 18.2. The number of carbonyl (C=O) groups excluding carboxylic acids is 1. The number of hydrogen-bond acceptors (Lipinski definition) is 2. The van der Waals surface area contributed by atoms with E-state index in [1.54, 1.807) is 0 Å². The van der Waals surface area contributed by atoms with Crippen LogP contribution in [0.4, 0.5) is 5.69 Å². The molecule has 3 rings (SSSR count). The average molecular weight is 322 g/mol. The summed E-state index contributed by atoms with van der Waals surface area (Å²) in [5.41, 5.74) is 1.99. The van der Waals surface area contributed by atoms with Crippen molar-refractivity contribution >= 4 is 11.6 Å². The Balaban J connectivity index is 1.66. The van der Waals surface area contributed by atoms with Crippen LogP contribution in [0.15, 0.2) is 60.7 Å². The summed E-state index contributed by atoms with van der Waals surface area (Å²) < 4.78 is 0. The first kappa shape index (κ1) is 16.6. The smallest absolute Gasteiger partial charge is 0.225 e. The van der Waals surface area contributed by atoms with Crippen LogP contribution in [0.25, 0.3) is 0 Å². The maximum Gasteiger partial charge on any atom is 0.225 e. The average Bonchev–Trinajstić information content (AvgIpc) is 2.63. The molecule has 1 N–H and O–H groups in total. The first-order chi connectivity index (χ1) is 11.6. The number of hydrogen-bond donors (Lipinski definition) is 1. The number of rotatable bonds is 4. The lowest BCUT2D eigenvalue weighted by Crippen LogP contribution is -2.48. The van der Waals surface area contributed by atoms with E-state index >= 15 is 0 Å². The molecule has 1 aliphatic heterocycles. The highest BCUT2D eigenvalue weighted by molar-refractivity contribution is 5.80. The first-order valence-corrected chi connectivity index (χ1v) is 8.74. The van der Waals surface area contributed by atoms with E-state index in [4.69, 9.17) is 0 Å². The van der Waals surface area contributed by atoms with Crippen LogP contribution in [0, 0.1) is 5.92 Å². The molecule has 0 spiro atoms. The van der Waals surface area contributed by atoms with Gasteiger partial charge in [0.05, 0.1) is 11.5 Å². The lowest BCUT2D eigenvalue weighted by molar-refractivity contribution is -0.127. The predicted octanol–water partition coefficient (Wildman–Crippen LogP) is 3.95. The van der Waals surface area contributed by atoms with E-state index in [9.17, 15) is 4.79 Å². The molecule has 2 aromatic carbocycles. The van der Waals surface area contributed by atoms with Gasteiger partial charge in [0.1, 0.15) is 0 Å². The number of anilines is 1. The summed E-state index contributed by atoms with van der Waals surface area (Å²) in [6.45, 7) is 5.95. The molecule has 1 fully saturated rings. The Bertz CT molecular complexity index is 667. The second-order valence-electron chi connectivity index (χ2n) is 7.10. The van der Waals surface area contributed by atoms with E-state index in [1.807, 2.05) is 24.3 Å². The van der Waals surface area contributed by atoms with Gasteiger partial charge in [-0.15, -0.1) is 0 Å². The van der Waals surface area contributed by atoms with Crippen LogP contribution in [0.3, 0.4) is 0 Å². The molecule has 3 heteroatoms. The van der Waals surface area contributed by atoms with Crippen LogP contribution in [-0.4, -0.2) is 19.0 Å². The zero-order valence-electron chi connectivity index (χ0n) is 14.5. The SMILES string of the molecule is CC(C)(NC(=O)C1CCCN(c2ccccc2)C1)c1ccccc1. The molecular weight excluding hydrogens is 296 g/mol. The lowest BCUT2D eigenvalue weighted by atomic mass is 9.91. The maximum atomic E-state index is 12.8. The van der Waals surface area contributed by atoms with Gasteiger partial charge in [0.2, 0.25) is 5.91 Å². The summed E-state index contributed by atoms with van der Waals surface area (Å²) in [5.74, 6) is 0.200. The molecule has 1 atom stereocenters. The molecule has 2 aromatic rings. The van der Waals surface area contributed by atoms with E-state index in [0.29, 0.717) is 0 Å². The van der Waals surface area contributed by atoms with Crippen LogP contribution in [0.5, 0.6) is 0 Å². The largest absolute Gasteiger partial charge is 0.371 e. The molecule has 1 aliphatic rings. The molecule has 126 valence electrons. The van der Waals surface area contributed by atoms with Crippen molar-refractivity contribution in [3.05, 3.63) is 66.2 Å². The molecule has 0 saturated carbocycles. The zero-order valence-corrected chi connectivity index (χ0v) is 14.5. The maximum absolute atomic E-state index is 12.8. The molecule has 0 bridgehead atoms. The number of para-hydroxylation sites is 1. The fourth-order valence-electron chi connectivity index (χ4n) is 3.40. The molecule has 0 aromatic heterocycles. The van der Waals surface area contributed by atoms with Crippen molar-refractivity contribution in [2.45, 2.75) is 32.2 Å². The summed E-state index contributed by atoms with van der Waals surface area (Å²) >= 11 is 0. The molecule has 3 nitrogen and oxygen atoms in total. The molecule has 1 heterocycles. The van der Waals surface area contributed by atoms with Crippen molar-refractivity contribution in [3.8, 4) is 0 Å². The van der Waals surface area contributed by atoms with Gasteiger partial charge in [-0.2, -0.15) is 0 Å². The second-order valence-corrected chi connectivity index (χ2v) is 7.10. The van der Waals surface area contributed by atoms with Crippen molar-refractivity contribution in [2.24, 2.45) is 5.92 Å². The molecule has 1 unspecified atom stereocenters. The van der Waals surface area contributed by atoms with Crippen molar-refractivity contribution in [3.63, 3.8) is 0 Å². The molecular formula is C21H26N2O. The monoisotopic (exact) mass is 322 g/mol. The second kappa shape index (κ2) is 7.08. The third-order valence-corrected chi connectivity index (χ3v) is 4.84. The molecule has 24 heavy (non-hydrogen) atoms. The van der Waals surface area contributed by atoms with Crippen LogP contribution in [0.1, 0.15) is 32.3 Å². The van der Waals surface area contributed by atoms with Gasteiger partial charge in [0.25, 0.3) is 0 Å². The Hall–Kier alpha value is -2.29. The third kappa shape index (κ3) is 3.78. The molecule has 1 saturated heterocycles. The highest BCUT2D eigenvalue weighted by Crippen LogP contribution is 2.25. The van der Waals surface area contributed by atoms with Crippen LogP contribution in [0.2, 0.25) is 0 Å². The number of amides is 1. The highest BCUT2D eigenvalue weighted by atomic mass is 16.2. The Morgan fingerprint density at radius 1 is 1.04 bits per heavy atom. The summed E-state index contributed by atoms with van der Waals surface area (Å²) in [6, 6.07) is 20.5. The number of benzene rings is 2. The number of nitrogens with zero attached hydrogens (tertiary/aromatic N) is 1. The van der Waals surface area contributed by atoms with Gasteiger partial charge < -0.3 is 10.2 Å². The van der Waals surface area contributed by atoms with Crippen LogP contribution in [-0.2, 0) is 10.3 Å². The Morgan fingerprint density at radius 3 is 2.33 bits per heavy atom. The molecule has 1 amide bonds. The van der Waals surface area contributed by atoms with Gasteiger partial charge in [0, 0.05) is 18.8 Å². The van der Waals surface area contributed by atoms with Gasteiger partial charge in [-0.1, -0.05) is 48.5 Å². The molecule has 0 aliphatic carbocycles. The van der Waals surface area contributed by atoms with Gasteiger partial charge in [0.15, 0.2) is 0 Å². The minimum atomic E-state index is -0.354.